The molecule has 0 aliphatic carbocycles. The molecule has 0 saturated carbocycles. The average Bonchev–Trinajstić information content (AvgIpc) is 2.76. The zero-order valence-corrected chi connectivity index (χ0v) is 20.0. The van der Waals surface area contributed by atoms with E-state index in [9.17, 15) is 31.8 Å². The van der Waals surface area contributed by atoms with Crippen LogP contribution in [0.2, 0.25) is 0 Å². The molecule has 5 atom stereocenters. The predicted molar refractivity (Wildman–Crippen MR) is 116 cm³/mol. The number of aliphatic hydroxyl groups excluding tert-OH is 2. The average molecular weight is 604 g/mol. The molecular formula is C20H20F3IO8S. The molecule has 33 heavy (non-hydrogen) atoms. The Balaban J connectivity index is 1.75. The molecule has 182 valence electrons. The Bertz CT molecular complexity index is 1050. The lowest BCUT2D eigenvalue weighted by Crippen LogP contribution is -2.60. The van der Waals surface area contributed by atoms with E-state index < -0.39 is 64.1 Å². The molecule has 2 N–H and O–H groups in total. The molecule has 1 aliphatic heterocycles. The van der Waals surface area contributed by atoms with Gasteiger partial charge in [-0.15, -0.1) is 0 Å². The minimum Gasteiger partial charge on any atom is -0.462 e. The number of alkyl halides is 3. The first-order valence-electron chi connectivity index (χ1n) is 9.45. The summed E-state index contributed by atoms with van der Waals surface area (Å²) in [6.45, 7) is -0.765. The molecule has 2 aromatic carbocycles. The molecule has 8 nitrogen and oxygen atoms in total. The second-order valence-electron chi connectivity index (χ2n) is 7.06. The first-order chi connectivity index (χ1) is 15.4. The summed E-state index contributed by atoms with van der Waals surface area (Å²) in [5.41, 5.74) is -1.16. The van der Waals surface area contributed by atoms with Gasteiger partial charge in [0.15, 0.2) is 0 Å². The summed E-state index contributed by atoms with van der Waals surface area (Å²) in [7, 11) is -3.40. The zero-order valence-electron chi connectivity index (χ0n) is 17.0. The van der Waals surface area contributed by atoms with Gasteiger partial charge in [-0.1, -0.05) is 6.07 Å². The smallest absolute Gasteiger partial charge is 0.416 e. The van der Waals surface area contributed by atoms with Crippen molar-refractivity contribution in [3.8, 4) is 5.75 Å². The topological polar surface area (TPSA) is 112 Å². The summed E-state index contributed by atoms with van der Waals surface area (Å²) in [6.07, 6.45) is -11.6. The van der Waals surface area contributed by atoms with E-state index in [1.165, 1.54) is 7.11 Å². The van der Waals surface area contributed by atoms with Crippen molar-refractivity contribution in [2.24, 2.45) is 0 Å². The van der Waals surface area contributed by atoms with E-state index in [4.69, 9.17) is 18.4 Å². The van der Waals surface area contributed by atoms with Crippen molar-refractivity contribution in [3.05, 3.63) is 57.7 Å². The number of hydrogen-bond acceptors (Lipinski definition) is 8. The van der Waals surface area contributed by atoms with Crippen molar-refractivity contribution >= 4 is 32.7 Å². The van der Waals surface area contributed by atoms with Crippen LogP contribution in [-0.2, 0) is 30.0 Å². The van der Waals surface area contributed by atoms with Crippen LogP contribution in [0.15, 0.2) is 53.4 Å². The molecule has 0 bridgehead atoms. The van der Waals surface area contributed by atoms with Crippen LogP contribution < -0.4 is 4.74 Å². The third kappa shape index (κ3) is 6.35. The Morgan fingerprint density at radius 3 is 2.36 bits per heavy atom. The van der Waals surface area contributed by atoms with Gasteiger partial charge in [-0.2, -0.15) is 21.6 Å². The van der Waals surface area contributed by atoms with Gasteiger partial charge in [0.25, 0.3) is 10.1 Å². The highest BCUT2D eigenvalue weighted by Crippen LogP contribution is 2.31. The first-order valence-corrected chi connectivity index (χ1v) is 11.9. The number of ether oxygens (including phenoxy) is 3. The van der Waals surface area contributed by atoms with Crippen LogP contribution in [0.4, 0.5) is 13.2 Å². The molecule has 13 heteroatoms. The van der Waals surface area contributed by atoms with Crippen LogP contribution in [0.5, 0.6) is 5.75 Å². The second kappa shape index (κ2) is 10.4. The van der Waals surface area contributed by atoms with Gasteiger partial charge in [-0.25, -0.2) is 0 Å². The highest BCUT2D eigenvalue weighted by Gasteiger charge is 2.46. The molecule has 2 aromatic rings. The highest BCUT2D eigenvalue weighted by atomic mass is 127. The Hall–Kier alpha value is -1.49. The van der Waals surface area contributed by atoms with Gasteiger partial charge in [0.2, 0.25) is 6.29 Å². The largest absolute Gasteiger partial charge is 0.462 e. The van der Waals surface area contributed by atoms with Crippen LogP contribution in [0.25, 0.3) is 0 Å². The van der Waals surface area contributed by atoms with Gasteiger partial charge >= 0.3 is 6.18 Å². The van der Waals surface area contributed by atoms with E-state index in [0.29, 0.717) is 11.8 Å². The molecule has 1 heterocycles. The van der Waals surface area contributed by atoms with Crippen molar-refractivity contribution in [2.75, 3.05) is 13.7 Å². The van der Waals surface area contributed by atoms with Crippen LogP contribution in [0, 0.1) is 3.57 Å². The SMILES string of the molecule is CO[C@@H]1[C@H](O)[C@H](Oc2ccc(I)cc2)O[C@@H](COS(=O)(=O)c2cccc(C(F)(F)F)c2)[C@H]1O. The fourth-order valence-electron chi connectivity index (χ4n) is 3.12. The molecule has 1 aliphatic rings. The summed E-state index contributed by atoms with van der Waals surface area (Å²) in [4.78, 5) is -0.711. The van der Waals surface area contributed by atoms with Crippen LogP contribution in [-0.4, -0.2) is 63.1 Å². The Kier molecular flexibility index (Phi) is 8.24. The van der Waals surface area contributed by atoms with Gasteiger partial charge in [0.05, 0.1) is 17.1 Å². The summed E-state index contributed by atoms with van der Waals surface area (Å²) in [5.74, 6) is 0.335. The van der Waals surface area contributed by atoms with E-state index in [-0.39, 0.29) is 0 Å². The maximum Gasteiger partial charge on any atom is 0.416 e. The number of hydrogen-bond donors (Lipinski definition) is 2. The summed E-state index contributed by atoms with van der Waals surface area (Å²) in [6, 6.07) is 9.79. The highest BCUT2D eigenvalue weighted by molar-refractivity contribution is 14.1. The van der Waals surface area contributed by atoms with Crippen molar-refractivity contribution in [3.63, 3.8) is 0 Å². The van der Waals surface area contributed by atoms with Gasteiger partial charge in [-0.05, 0) is 65.1 Å². The number of halogens is 4. The molecule has 3 rings (SSSR count). The van der Waals surface area contributed by atoms with E-state index >= 15 is 0 Å². The maximum absolute atomic E-state index is 12.9. The third-order valence-electron chi connectivity index (χ3n) is 4.82. The van der Waals surface area contributed by atoms with Gasteiger partial charge in [0, 0.05) is 10.7 Å². The Morgan fingerprint density at radius 2 is 1.76 bits per heavy atom. The Morgan fingerprint density at radius 1 is 1.09 bits per heavy atom. The molecule has 1 fully saturated rings. The van der Waals surface area contributed by atoms with Crippen molar-refractivity contribution in [2.45, 2.75) is 41.8 Å². The lowest BCUT2D eigenvalue weighted by Gasteiger charge is -2.41. The predicted octanol–water partition coefficient (Wildman–Crippen LogP) is 2.56. The Labute approximate surface area is 201 Å². The summed E-state index contributed by atoms with van der Waals surface area (Å²) >= 11 is 2.09. The van der Waals surface area contributed by atoms with Gasteiger partial charge in [-0.3, -0.25) is 4.18 Å². The van der Waals surface area contributed by atoms with Crippen molar-refractivity contribution < 1.29 is 50.2 Å². The first kappa shape index (κ1) is 26.1. The molecule has 0 amide bonds. The second-order valence-corrected chi connectivity index (χ2v) is 9.92. The third-order valence-corrected chi connectivity index (χ3v) is 6.81. The number of methoxy groups -OCH3 is 1. The van der Waals surface area contributed by atoms with Crippen LogP contribution in [0.1, 0.15) is 5.56 Å². The minimum atomic E-state index is -4.74. The van der Waals surface area contributed by atoms with Crippen molar-refractivity contribution in [1.82, 2.24) is 0 Å². The fourth-order valence-corrected chi connectivity index (χ4v) is 4.44. The van der Waals surface area contributed by atoms with Crippen LogP contribution >= 0.6 is 22.6 Å². The lowest BCUT2D eigenvalue weighted by atomic mass is 9.99. The molecule has 1 saturated heterocycles. The molecule has 0 unspecified atom stereocenters. The zero-order chi connectivity index (χ0) is 24.4. The van der Waals surface area contributed by atoms with E-state index in [1.54, 1.807) is 24.3 Å². The van der Waals surface area contributed by atoms with E-state index in [2.05, 4.69) is 22.6 Å². The standard InChI is InChI=1S/C20H20F3IO8S/c1-29-18-16(25)15(32-19(17(18)26)31-13-7-5-12(24)6-8-13)10-30-33(27,28)14-4-2-3-11(9-14)20(21,22)23/h2-9,15-19,25-26H,10H2,1H3/t15-,16+,17-,18-,19+/m0/s1. The molecule has 0 spiro atoms. The van der Waals surface area contributed by atoms with E-state index in [1.807, 2.05) is 0 Å². The monoisotopic (exact) mass is 604 g/mol. The van der Waals surface area contributed by atoms with E-state index in [0.717, 1.165) is 21.8 Å². The number of benzene rings is 2. The number of aliphatic hydroxyl groups is 2. The fraction of sp³-hybridized carbons (Fsp3) is 0.400. The number of rotatable bonds is 7. The van der Waals surface area contributed by atoms with Crippen LogP contribution in [0.3, 0.4) is 0 Å². The van der Waals surface area contributed by atoms with Gasteiger partial charge < -0.3 is 24.4 Å². The molecule has 0 aromatic heterocycles. The minimum absolute atomic E-state index is 0.335. The van der Waals surface area contributed by atoms with Gasteiger partial charge in [0.1, 0.15) is 30.2 Å². The normalized spacial score (nSPS) is 26.2. The lowest BCUT2D eigenvalue weighted by molar-refractivity contribution is -0.280. The molecule has 0 radical (unpaired) electrons. The summed E-state index contributed by atoms with van der Waals surface area (Å²) in [5, 5.41) is 20.9. The molecular weight excluding hydrogens is 584 g/mol. The quantitative estimate of drug-likeness (QED) is 0.367. The summed E-state index contributed by atoms with van der Waals surface area (Å²) < 4.78 is 85.6. The maximum atomic E-state index is 12.9. The van der Waals surface area contributed by atoms with Crippen molar-refractivity contribution in [1.29, 1.82) is 0 Å².